The molecule has 0 bridgehead atoms. The zero-order valence-corrected chi connectivity index (χ0v) is 12.6. The monoisotopic (exact) mass is 270 g/mol. The fourth-order valence-electron chi connectivity index (χ4n) is 2.45. The number of aryl methyl sites for hydroxylation is 1. The molecule has 2 rings (SSSR count). The highest BCUT2D eigenvalue weighted by molar-refractivity contribution is 5.47. The van der Waals surface area contributed by atoms with Crippen molar-refractivity contribution in [1.82, 2.24) is 10.3 Å². The zero-order valence-electron chi connectivity index (χ0n) is 12.6. The summed E-state index contributed by atoms with van der Waals surface area (Å²) in [7, 11) is 3.71. The normalized spacial score (nSPS) is 12.2. The van der Waals surface area contributed by atoms with Crippen molar-refractivity contribution in [2.24, 2.45) is 0 Å². The maximum absolute atomic E-state index is 5.62. The second-order valence-corrected chi connectivity index (χ2v) is 5.00. The van der Waals surface area contributed by atoms with E-state index in [2.05, 4.69) is 42.3 Å². The predicted molar refractivity (Wildman–Crippen MR) is 82.2 cm³/mol. The van der Waals surface area contributed by atoms with E-state index in [1.165, 1.54) is 16.7 Å². The molecule has 20 heavy (non-hydrogen) atoms. The molecule has 1 unspecified atom stereocenters. The van der Waals surface area contributed by atoms with Crippen LogP contribution in [0.4, 0.5) is 0 Å². The van der Waals surface area contributed by atoms with Crippen molar-refractivity contribution in [2.45, 2.75) is 26.3 Å². The topological polar surface area (TPSA) is 34.2 Å². The first kappa shape index (κ1) is 14.5. The van der Waals surface area contributed by atoms with Crippen molar-refractivity contribution in [3.63, 3.8) is 0 Å². The van der Waals surface area contributed by atoms with Gasteiger partial charge in [0.25, 0.3) is 0 Å². The van der Waals surface area contributed by atoms with Crippen LogP contribution in [0.15, 0.2) is 36.5 Å². The molecule has 1 aromatic carbocycles. The van der Waals surface area contributed by atoms with E-state index < -0.39 is 0 Å². The van der Waals surface area contributed by atoms with E-state index in [1.54, 1.807) is 7.11 Å². The lowest BCUT2D eigenvalue weighted by Gasteiger charge is -2.21. The molecule has 1 N–H and O–H groups in total. The lowest BCUT2D eigenvalue weighted by Crippen LogP contribution is -2.20. The number of likely N-dealkylation sites (N-methyl/N-ethyl adjacent to an activating group) is 1. The molecule has 0 aliphatic rings. The highest BCUT2D eigenvalue weighted by Crippen LogP contribution is 2.32. The van der Waals surface area contributed by atoms with Crippen molar-refractivity contribution < 1.29 is 4.74 Å². The lowest BCUT2D eigenvalue weighted by atomic mass is 9.96. The third-order valence-electron chi connectivity index (χ3n) is 3.77. The van der Waals surface area contributed by atoms with Gasteiger partial charge in [-0.2, -0.15) is 0 Å². The first-order valence-corrected chi connectivity index (χ1v) is 6.88. The summed E-state index contributed by atoms with van der Waals surface area (Å²) in [4.78, 5) is 4.41. The van der Waals surface area contributed by atoms with Crippen molar-refractivity contribution >= 4 is 0 Å². The molecule has 3 heteroatoms. The highest BCUT2D eigenvalue weighted by atomic mass is 16.5. The van der Waals surface area contributed by atoms with Crippen LogP contribution in [0.25, 0.3) is 0 Å². The van der Waals surface area contributed by atoms with Crippen molar-refractivity contribution in [1.29, 1.82) is 0 Å². The number of hydrogen-bond acceptors (Lipinski definition) is 3. The van der Waals surface area contributed by atoms with E-state index in [9.17, 15) is 0 Å². The van der Waals surface area contributed by atoms with Crippen LogP contribution >= 0.6 is 0 Å². The Labute approximate surface area is 121 Å². The van der Waals surface area contributed by atoms with Gasteiger partial charge in [0, 0.05) is 29.9 Å². The molecule has 3 nitrogen and oxygen atoms in total. The maximum Gasteiger partial charge on any atom is 0.126 e. The van der Waals surface area contributed by atoms with Gasteiger partial charge >= 0.3 is 0 Å². The Hall–Kier alpha value is -1.87. The van der Waals surface area contributed by atoms with Crippen LogP contribution in [-0.2, 0) is 6.42 Å². The maximum atomic E-state index is 5.62. The molecule has 0 radical (unpaired) electrons. The van der Waals surface area contributed by atoms with Crippen LogP contribution < -0.4 is 10.1 Å². The molecular weight excluding hydrogens is 248 g/mol. The van der Waals surface area contributed by atoms with Gasteiger partial charge in [-0.25, -0.2) is 0 Å². The van der Waals surface area contributed by atoms with E-state index >= 15 is 0 Å². The largest absolute Gasteiger partial charge is 0.496 e. The summed E-state index contributed by atoms with van der Waals surface area (Å²) < 4.78 is 5.62. The first-order valence-electron chi connectivity index (χ1n) is 6.88. The van der Waals surface area contributed by atoms with Gasteiger partial charge in [0.1, 0.15) is 5.75 Å². The van der Waals surface area contributed by atoms with Gasteiger partial charge in [0.2, 0.25) is 0 Å². The molecule has 1 atom stereocenters. The summed E-state index contributed by atoms with van der Waals surface area (Å²) in [5, 5.41) is 3.37. The van der Waals surface area contributed by atoms with Gasteiger partial charge in [-0.3, -0.25) is 4.98 Å². The van der Waals surface area contributed by atoms with Gasteiger partial charge in [-0.05, 0) is 44.2 Å². The van der Waals surface area contributed by atoms with Crippen LogP contribution in [0.3, 0.4) is 0 Å². The molecule has 2 aromatic rings. The number of methoxy groups -OCH3 is 1. The lowest BCUT2D eigenvalue weighted by molar-refractivity contribution is 0.397. The fourth-order valence-corrected chi connectivity index (χ4v) is 2.45. The van der Waals surface area contributed by atoms with Crippen molar-refractivity contribution in [3.8, 4) is 5.75 Å². The molecule has 0 fully saturated rings. The number of hydrogen-bond donors (Lipinski definition) is 1. The van der Waals surface area contributed by atoms with E-state index in [4.69, 9.17) is 4.74 Å². The Morgan fingerprint density at radius 3 is 2.60 bits per heavy atom. The molecule has 1 heterocycles. The van der Waals surface area contributed by atoms with E-state index in [-0.39, 0.29) is 6.04 Å². The minimum atomic E-state index is 0.194. The summed E-state index contributed by atoms with van der Waals surface area (Å²) in [6.45, 7) is 4.21. The number of aromatic nitrogens is 1. The summed E-state index contributed by atoms with van der Waals surface area (Å²) in [5.74, 6) is 0.972. The fraction of sp³-hybridized carbons (Fsp3) is 0.353. The Balaban J connectivity index is 2.35. The van der Waals surface area contributed by atoms with E-state index in [0.29, 0.717) is 0 Å². The molecule has 1 aromatic heterocycles. The summed E-state index contributed by atoms with van der Waals surface area (Å²) >= 11 is 0. The third-order valence-corrected chi connectivity index (χ3v) is 3.77. The summed E-state index contributed by atoms with van der Waals surface area (Å²) in [6, 6.07) is 10.5. The quantitative estimate of drug-likeness (QED) is 0.906. The van der Waals surface area contributed by atoms with Gasteiger partial charge < -0.3 is 10.1 Å². The number of pyridine rings is 1. The van der Waals surface area contributed by atoms with Crippen LogP contribution in [0, 0.1) is 13.8 Å². The molecule has 0 saturated heterocycles. The standard InChI is InChI=1S/C17H22N2O/c1-12-8-9-15(17(20-4)13(12)2)16(18-3)11-14-7-5-6-10-19-14/h5-10,16,18H,11H2,1-4H3. The molecule has 0 aliphatic heterocycles. The minimum absolute atomic E-state index is 0.194. The van der Waals surface area contributed by atoms with E-state index in [0.717, 1.165) is 17.9 Å². The molecule has 0 aliphatic carbocycles. The zero-order chi connectivity index (χ0) is 14.5. The molecule has 0 amide bonds. The Kier molecular flexibility index (Phi) is 4.74. The average Bonchev–Trinajstić information content (AvgIpc) is 2.48. The van der Waals surface area contributed by atoms with Gasteiger partial charge in [0.15, 0.2) is 0 Å². The Bertz CT molecular complexity index is 567. The van der Waals surface area contributed by atoms with Gasteiger partial charge in [0.05, 0.1) is 7.11 Å². The number of rotatable bonds is 5. The number of nitrogens with one attached hydrogen (secondary N) is 1. The Morgan fingerprint density at radius 2 is 2.00 bits per heavy atom. The predicted octanol–water partition coefficient (Wildman–Crippen LogP) is 3.21. The number of benzene rings is 1. The second kappa shape index (κ2) is 6.53. The molecule has 0 saturated carbocycles. The second-order valence-electron chi connectivity index (χ2n) is 5.00. The number of nitrogens with zero attached hydrogens (tertiary/aromatic N) is 1. The van der Waals surface area contributed by atoms with Gasteiger partial charge in [-0.15, -0.1) is 0 Å². The van der Waals surface area contributed by atoms with Crippen LogP contribution in [-0.4, -0.2) is 19.1 Å². The first-order chi connectivity index (χ1) is 9.67. The summed E-state index contributed by atoms with van der Waals surface area (Å²) in [5.41, 5.74) is 4.71. The highest BCUT2D eigenvalue weighted by Gasteiger charge is 2.17. The van der Waals surface area contributed by atoms with Crippen molar-refractivity contribution in [2.75, 3.05) is 14.2 Å². The molecular formula is C17H22N2O. The van der Waals surface area contributed by atoms with Crippen LogP contribution in [0.2, 0.25) is 0 Å². The smallest absolute Gasteiger partial charge is 0.126 e. The number of ether oxygens (including phenoxy) is 1. The van der Waals surface area contributed by atoms with Crippen LogP contribution in [0.5, 0.6) is 5.75 Å². The van der Waals surface area contributed by atoms with Crippen molar-refractivity contribution in [3.05, 3.63) is 58.9 Å². The SMILES string of the molecule is CNC(Cc1ccccn1)c1ccc(C)c(C)c1OC. The average molecular weight is 270 g/mol. The summed E-state index contributed by atoms with van der Waals surface area (Å²) in [6.07, 6.45) is 2.68. The van der Waals surface area contributed by atoms with Gasteiger partial charge in [-0.1, -0.05) is 18.2 Å². The molecule has 0 spiro atoms. The van der Waals surface area contributed by atoms with E-state index in [1.807, 2.05) is 25.4 Å². The third kappa shape index (κ3) is 2.99. The van der Waals surface area contributed by atoms with Crippen LogP contribution in [0.1, 0.15) is 28.4 Å². The molecule has 106 valence electrons. The minimum Gasteiger partial charge on any atom is -0.496 e. The Morgan fingerprint density at radius 1 is 1.20 bits per heavy atom.